The maximum Gasteiger partial charge on any atom is 0.205 e. The first-order valence-corrected chi connectivity index (χ1v) is 9.29. The molecule has 0 amide bonds. The van der Waals surface area contributed by atoms with Crippen LogP contribution in [0.25, 0.3) is 11.3 Å². The van der Waals surface area contributed by atoms with Crippen LogP contribution >= 0.6 is 0 Å². The van der Waals surface area contributed by atoms with Crippen LogP contribution in [0.15, 0.2) is 96.4 Å². The zero-order valence-electron chi connectivity index (χ0n) is 16.0. The quantitative estimate of drug-likeness (QED) is 0.686. The van der Waals surface area contributed by atoms with Gasteiger partial charge in [0.1, 0.15) is 23.2 Å². The van der Waals surface area contributed by atoms with Gasteiger partial charge in [-0.3, -0.25) is 0 Å². The first-order valence-electron chi connectivity index (χ1n) is 9.29. The molecule has 3 aromatic carbocycles. The van der Waals surface area contributed by atoms with Crippen molar-refractivity contribution in [3.8, 4) is 11.8 Å². The standard InChI is InChI=1S/C25H20N2O2/c1-28-20-14-12-18(13-15-20)22-21(16-26)25(27)29-24(19-10-6-3-7-11-19)23(22)17-8-4-2-5-9-17/h2-15,22H,27H2,1H3. The molecule has 1 aliphatic heterocycles. The number of benzene rings is 3. The Morgan fingerprint density at radius 3 is 2.00 bits per heavy atom. The lowest BCUT2D eigenvalue weighted by Crippen LogP contribution is -2.20. The highest BCUT2D eigenvalue weighted by atomic mass is 16.5. The van der Waals surface area contributed by atoms with Gasteiger partial charge in [-0.15, -0.1) is 0 Å². The van der Waals surface area contributed by atoms with Crippen LogP contribution in [-0.4, -0.2) is 7.11 Å². The second-order valence-corrected chi connectivity index (χ2v) is 6.67. The Bertz CT molecular complexity index is 1110. The van der Waals surface area contributed by atoms with Crippen molar-refractivity contribution in [1.82, 2.24) is 0 Å². The fourth-order valence-corrected chi connectivity index (χ4v) is 3.61. The molecule has 0 bridgehead atoms. The predicted octanol–water partition coefficient (Wildman–Crippen LogP) is 5.07. The lowest BCUT2D eigenvalue weighted by atomic mass is 9.79. The summed E-state index contributed by atoms with van der Waals surface area (Å²) < 4.78 is 11.3. The number of hydrogen-bond donors (Lipinski definition) is 1. The first-order chi connectivity index (χ1) is 14.2. The molecule has 1 atom stereocenters. The average Bonchev–Trinajstić information content (AvgIpc) is 2.79. The highest BCUT2D eigenvalue weighted by molar-refractivity contribution is 5.94. The lowest BCUT2D eigenvalue weighted by molar-refractivity contribution is 0.364. The zero-order valence-corrected chi connectivity index (χ0v) is 16.0. The summed E-state index contributed by atoms with van der Waals surface area (Å²) in [6.45, 7) is 0. The lowest BCUT2D eigenvalue weighted by Gasteiger charge is -2.30. The maximum absolute atomic E-state index is 9.90. The zero-order chi connectivity index (χ0) is 20.2. The summed E-state index contributed by atoms with van der Waals surface area (Å²) in [7, 11) is 1.63. The normalized spacial score (nSPS) is 16.2. The maximum atomic E-state index is 9.90. The molecule has 1 heterocycles. The van der Waals surface area contributed by atoms with Crippen molar-refractivity contribution in [2.75, 3.05) is 7.11 Å². The third-order valence-electron chi connectivity index (χ3n) is 4.99. The van der Waals surface area contributed by atoms with Crippen LogP contribution in [0.4, 0.5) is 0 Å². The van der Waals surface area contributed by atoms with Crippen molar-refractivity contribution in [1.29, 1.82) is 5.26 Å². The minimum Gasteiger partial charge on any atom is -0.497 e. The van der Waals surface area contributed by atoms with E-state index in [9.17, 15) is 5.26 Å². The van der Waals surface area contributed by atoms with Crippen LogP contribution in [0, 0.1) is 11.3 Å². The molecule has 0 spiro atoms. The van der Waals surface area contributed by atoms with Gasteiger partial charge in [0.15, 0.2) is 0 Å². The monoisotopic (exact) mass is 380 g/mol. The summed E-state index contributed by atoms with van der Waals surface area (Å²) in [5.74, 6) is 1.20. The van der Waals surface area contributed by atoms with Crippen LogP contribution in [0.3, 0.4) is 0 Å². The first kappa shape index (κ1) is 18.4. The van der Waals surface area contributed by atoms with Gasteiger partial charge in [0.25, 0.3) is 0 Å². The van der Waals surface area contributed by atoms with E-state index in [4.69, 9.17) is 15.2 Å². The van der Waals surface area contributed by atoms with Crippen LogP contribution in [0.1, 0.15) is 22.6 Å². The molecule has 4 heteroatoms. The van der Waals surface area contributed by atoms with E-state index in [1.165, 1.54) is 0 Å². The molecule has 0 saturated heterocycles. The molecule has 142 valence electrons. The van der Waals surface area contributed by atoms with Crippen molar-refractivity contribution in [3.05, 3.63) is 113 Å². The Hall–Kier alpha value is -3.97. The van der Waals surface area contributed by atoms with Gasteiger partial charge in [-0.1, -0.05) is 72.8 Å². The summed E-state index contributed by atoms with van der Waals surface area (Å²) in [5.41, 5.74) is 10.4. The van der Waals surface area contributed by atoms with Crippen molar-refractivity contribution in [2.24, 2.45) is 5.73 Å². The molecule has 0 saturated carbocycles. The number of allylic oxidation sites excluding steroid dienone is 2. The average molecular weight is 380 g/mol. The van der Waals surface area contributed by atoms with Crippen molar-refractivity contribution >= 4 is 11.3 Å². The number of ether oxygens (including phenoxy) is 2. The van der Waals surface area contributed by atoms with E-state index in [0.717, 1.165) is 28.0 Å². The fraction of sp³-hybridized carbons (Fsp3) is 0.0800. The topological polar surface area (TPSA) is 68.3 Å². The predicted molar refractivity (Wildman–Crippen MR) is 113 cm³/mol. The molecule has 0 fully saturated rings. The van der Waals surface area contributed by atoms with E-state index in [0.29, 0.717) is 11.3 Å². The van der Waals surface area contributed by atoms with E-state index in [1.807, 2.05) is 84.9 Å². The Labute approximate surface area is 170 Å². The molecule has 0 radical (unpaired) electrons. The van der Waals surface area contributed by atoms with Crippen LogP contribution in [-0.2, 0) is 4.74 Å². The number of methoxy groups -OCH3 is 1. The Kier molecular flexibility index (Phi) is 5.05. The minimum atomic E-state index is -0.350. The van der Waals surface area contributed by atoms with Crippen molar-refractivity contribution < 1.29 is 9.47 Å². The Morgan fingerprint density at radius 2 is 1.45 bits per heavy atom. The summed E-state index contributed by atoms with van der Waals surface area (Å²) in [5, 5.41) is 9.90. The molecule has 3 aromatic rings. The largest absolute Gasteiger partial charge is 0.497 e. The van der Waals surface area contributed by atoms with E-state index < -0.39 is 0 Å². The van der Waals surface area contributed by atoms with Crippen molar-refractivity contribution in [3.63, 3.8) is 0 Å². The fourth-order valence-electron chi connectivity index (χ4n) is 3.61. The molecule has 1 unspecified atom stereocenters. The number of rotatable bonds is 4. The van der Waals surface area contributed by atoms with Gasteiger partial charge < -0.3 is 15.2 Å². The van der Waals surface area contributed by atoms with Gasteiger partial charge in [-0.2, -0.15) is 5.26 Å². The highest BCUT2D eigenvalue weighted by Crippen LogP contribution is 2.47. The van der Waals surface area contributed by atoms with Crippen LogP contribution < -0.4 is 10.5 Å². The van der Waals surface area contributed by atoms with Crippen LogP contribution in [0.2, 0.25) is 0 Å². The summed E-state index contributed by atoms with van der Waals surface area (Å²) >= 11 is 0. The Balaban J connectivity index is 1.99. The van der Waals surface area contributed by atoms with E-state index in [2.05, 4.69) is 6.07 Å². The minimum absolute atomic E-state index is 0.131. The van der Waals surface area contributed by atoms with Gasteiger partial charge in [0, 0.05) is 11.1 Å². The smallest absolute Gasteiger partial charge is 0.205 e. The van der Waals surface area contributed by atoms with E-state index >= 15 is 0 Å². The molecule has 1 aliphatic rings. The molecule has 4 rings (SSSR count). The summed E-state index contributed by atoms with van der Waals surface area (Å²) in [4.78, 5) is 0. The number of nitrogens with zero attached hydrogens (tertiary/aromatic N) is 1. The van der Waals surface area contributed by atoms with E-state index in [-0.39, 0.29) is 11.8 Å². The van der Waals surface area contributed by atoms with E-state index in [1.54, 1.807) is 7.11 Å². The third-order valence-corrected chi connectivity index (χ3v) is 4.99. The third kappa shape index (κ3) is 3.46. The molecule has 29 heavy (non-hydrogen) atoms. The Morgan fingerprint density at radius 1 is 0.862 bits per heavy atom. The second kappa shape index (κ2) is 7.95. The van der Waals surface area contributed by atoms with Gasteiger partial charge >= 0.3 is 0 Å². The van der Waals surface area contributed by atoms with Gasteiger partial charge in [0.05, 0.1) is 13.0 Å². The molecule has 2 N–H and O–H groups in total. The van der Waals surface area contributed by atoms with Crippen LogP contribution in [0.5, 0.6) is 5.75 Å². The molecular weight excluding hydrogens is 360 g/mol. The summed E-state index contributed by atoms with van der Waals surface area (Å²) in [6.07, 6.45) is 0. The second-order valence-electron chi connectivity index (χ2n) is 6.67. The molecular formula is C25H20N2O2. The highest BCUT2D eigenvalue weighted by Gasteiger charge is 2.34. The SMILES string of the molecule is COc1ccc(C2C(C#N)=C(N)OC(c3ccccc3)=C2c2ccccc2)cc1. The van der Waals surface area contributed by atoms with Gasteiger partial charge in [0.2, 0.25) is 5.88 Å². The molecule has 4 nitrogen and oxygen atoms in total. The van der Waals surface area contributed by atoms with Crippen molar-refractivity contribution in [2.45, 2.75) is 5.92 Å². The van der Waals surface area contributed by atoms with Gasteiger partial charge in [-0.05, 0) is 23.3 Å². The summed E-state index contributed by atoms with van der Waals surface area (Å²) in [6, 6.07) is 29.8. The molecule has 0 aromatic heterocycles. The number of nitrogens with two attached hydrogens (primary N) is 1. The molecule has 0 aliphatic carbocycles. The number of hydrogen-bond acceptors (Lipinski definition) is 4. The van der Waals surface area contributed by atoms with Gasteiger partial charge in [-0.25, -0.2) is 0 Å². The number of nitriles is 1.